The number of ether oxygens (including phenoxy) is 1. The van der Waals surface area contributed by atoms with Gasteiger partial charge in [0.2, 0.25) is 0 Å². The van der Waals surface area contributed by atoms with Crippen LogP contribution in [0.3, 0.4) is 0 Å². The van der Waals surface area contributed by atoms with E-state index in [1.54, 1.807) is 12.1 Å². The molecule has 0 bridgehead atoms. The van der Waals surface area contributed by atoms with Crippen molar-refractivity contribution in [2.24, 2.45) is 0 Å². The Labute approximate surface area is 177 Å². The molecule has 1 atom stereocenters. The van der Waals surface area contributed by atoms with E-state index in [2.05, 4.69) is 0 Å². The molecule has 1 heterocycles. The number of allylic oxidation sites excluding steroid dienone is 4. The molecule has 0 aliphatic carbocycles. The zero-order valence-electron chi connectivity index (χ0n) is 17.8. The lowest BCUT2D eigenvalue weighted by Crippen LogP contribution is -2.26. The number of phenolic OH excluding ortho intramolecular Hbond substituents is 3. The Morgan fingerprint density at radius 1 is 1.00 bits per heavy atom. The number of phenols is 3. The third-order valence-corrected chi connectivity index (χ3v) is 5.27. The molecule has 1 aliphatic rings. The van der Waals surface area contributed by atoms with Crippen molar-refractivity contribution in [2.75, 3.05) is 6.61 Å². The molecule has 0 amide bonds. The van der Waals surface area contributed by atoms with Gasteiger partial charge in [-0.05, 0) is 57.7 Å². The zero-order chi connectivity index (χ0) is 22.0. The van der Waals surface area contributed by atoms with Gasteiger partial charge in [0, 0.05) is 11.6 Å². The maximum Gasteiger partial charge on any atom is 0.181 e. The molecule has 0 aromatic heterocycles. The van der Waals surface area contributed by atoms with E-state index in [1.165, 1.54) is 6.07 Å². The van der Waals surface area contributed by atoms with Crippen LogP contribution < -0.4 is 4.74 Å². The van der Waals surface area contributed by atoms with Crippen molar-refractivity contribution in [1.29, 1.82) is 0 Å². The van der Waals surface area contributed by atoms with E-state index in [1.807, 2.05) is 45.9 Å². The number of ketones is 1. The first-order valence-corrected chi connectivity index (χ1v) is 10.0. The summed E-state index contributed by atoms with van der Waals surface area (Å²) in [6, 6.07) is 6.50. The summed E-state index contributed by atoms with van der Waals surface area (Å²) in [6.45, 7) is 7.93. The largest absolute Gasteiger partial charge is 0.508 e. The van der Waals surface area contributed by atoms with Crippen molar-refractivity contribution in [1.82, 2.24) is 0 Å². The van der Waals surface area contributed by atoms with Crippen molar-refractivity contribution in [3.05, 3.63) is 69.8 Å². The normalized spacial score (nSPS) is 15.2. The van der Waals surface area contributed by atoms with Crippen molar-refractivity contribution in [2.45, 2.75) is 46.5 Å². The first-order valence-electron chi connectivity index (χ1n) is 10.0. The fourth-order valence-electron chi connectivity index (χ4n) is 3.50. The molecule has 158 valence electrons. The first-order chi connectivity index (χ1) is 14.2. The van der Waals surface area contributed by atoms with Crippen LogP contribution in [-0.2, 0) is 12.8 Å². The Hall–Kier alpha value is -3.21. The van der Waals surface area contributed by atoms with Crippen LogP contribution in [0, 0.1) is 0 Å². The summed E-state index contributed by atoms with van der Waals surface area (Å²) < 4.78 is 5.74. The van der Waals surface area contributed by atoms with Crippen LogP contribution in [0.4, 0.5) is 0 Å². The van der Waals surface area contributed by atoms with Gasteiger partial charge in [-0.2, -0.15) is 0 Å². The van der Waals surface area contributed by atoms with E-state index in [-0.39, 0.29) is 41.0 Å². The summed E-state index contributed by atoms with van der Waals surface area (Å²) in [5.41, 5.74) is 4.03. The Bertz CT molecular complexity index is 1040. The summed E-state index contributed by atoms with van der Waals surface area (Å²) in [4.78, 5) is 13.3. The van der Waals surface area contributed by atoms with Gasteiger partial charge in [-0.25, -0.2) is 0 Å². The summed E-state index contributed by atoms with van der Waals surface area (Å²) >= 11 is 0. The number of hydrogen-bond acceptors (Lipinski definition) is 5. The lowest BCUT2D eigenvalue weighted by molar-refractivity contribution is 0.0891. The van der Waals surface area contributed by atoms with E-state index < -0.39 is 5.92 Å². The number of carbonyl (C=O) groups excluding carboxylic acids is 1. The molecule has 1 unspecified atom stereocenters. The number of hydrogen-bond donors (Lipinski definition) is 3. The molecule has 2 aromatic rings. The van der Waals surface area contributed by atoms with Gasteiger partial charge in [-0.3, -0.25) is 4.79 Å². The Morgan fingerprint density at radius 3 is 2.33 bits per heavy atom. The van der Waals surface area contributed by atoms with Crippen LogP contribution in [0.15, 0.2) is 47.6 Å². The van der Waals surface area contributed by atoms with Gasteiger partial charge >= 0.3 is 0 Å². The van der Waals surface area contributed by atoms with E-state index in [9.17, 15) is 20.1 Å². The Balaban J connectivity index is 1.99. The van der Waals surface area contributed by atoms with Crippen LogP contribution in [0.2, 0.25) is 0 Å². The van der Waals surface area contributed by atoms with Crippen molar-refractivity contribution >= 4 is 5.78 Å². The number of carbonyl (C=O) groups is 1. The van der Waals surface area contributed by atoms with Gasteiger partial charge in [0.1, 0.15) is 35.2 Å². The highest BCUT2D eigenvalue weighted by atomic mass is 16.5. The van der Waals surface area contributed by atoms with Crippen LogP contribution in [-0.4, -0.2) is 27.7 Å². The van der Waals surface area contributed by atoms with E-state index in [0.717, 1.165) is 22.3 Å². The molecule has 30 heavy (non-hydrogen) atoms. The topological polar surface area (TPSA) is 87.0 Å². The van der Waals surface area contributed by atoms with Gasteiger partial charge in [0.15, 0.2) is 5.78 Å². The second-order valence-electron chi connectivity index (χ2n) is 8.18. The molecular formula is C25H28O5. The Kier molecular flexibility index (Phi) is 6.20. The van der Waals surface area contributed by atoms with Gasteiger partial charge in [0.05, 0.1) is 5.92 Å². The molecule has 0 saturated carbocycles. The maximum atomic E-state index is 13.3. The summed E-state index contributed by atoms with van der Waals surface area (Å²) in [5.74, 6) is -0.820. The lowest BCUT2D eigenvalue weighted by atomic mass is 9.86. The predicted octanol–water partition coefficient (Wildman–Crippen LogP) is 5.18. The fraction of sp³-hybridized carbons (Fsp3) is 0.320. The number of aromatic hydroxyl groups is 3. The molecule has 2 aromatic carbocycles. The molecule has 5 heteroatoms. The minimum Gasteiger partial charge on any atom is -0.508 e. The van der Waals surface area contributed by atoms with Gasteiger partial charge < -0.3 is 20.1 Å². The third-order valence-electron chi connectivity index (χ3n) is 5.27. The SMILES string of the molecule is CC(C)=CCc1cc(C2COc3cc(O)c(CC=C(C)C)c(O)c3C2=O)ccc1O. The number of fused-ring (bicyclic) bond motifs is 1. The van der Waals surface area contributed by atoms with Crippen molar-refractivity contribution in [3.8, 4) is 23.0 Å². The van der Waals surface area contributed by atoms with Crippen LogP contribution in [0.1, 0.15) is 60.7 Å². The second kappa shape index (κ2) is 8.66. The van der Waals surface area contributed by atoms with Crippen molar-refractivity contribution < 1.29 is 24.9 Å². The van der Waals surface area contributed by atoms with Gasteiger partial charge in [0.25, 0.3) is 0 Å². The molecule has 0 radical (unpaired) electrons. The molecule has 5 nitrogen and oxygen atoms in total. The van der Waals surface area contributed by atoms with Gasteiger partial charge in [-0.15, -0.1) is 0 Å². The highest BCUT2D eigenvalue weighted by Gasteiger charge is 2.34. The smallest absolute Gasteiger partial charge is 0.181 e. The summed E-state index contributed by atoms with van der Waals surface area (Å²) in [7, 11) is 0. The second-order valence-corrected chi connectivity index (χ2v) is 8.18. The quantitative estimate of drug-likeness (QED) is 0.594. The minimum atomic E-state index is -0.602. The number of rotatable bonds is 5. The molecule has 1 aliphatic heterocycles. The molecule has 0 saturated heterocycles. The average Bonchev–Trinajstić information content (AvgIpc) is 2.67. The summed E-state index contributed by atoms with van der Waals surface area (Å²) in [5, 5.41) is 31.2. The minimum absolute atomic E-state index is 0.0938. The average molecular weight is 408 g/mol. The first kappa shape index (κ1) is 21.5. The Morgan fingerprint density at radius 2 is 1.67 bits per heavy atom. The van der Waals surface area contributed by atoms with E-state index in [4.69, 9.17) is 4.74 Å². The van der Waals surface area contributed by atoms with Crippen LogP contribution in [0.25, 0.3) is 0 Å². The van der Waals surface area contributed by atoms with E-state index >= 15 is 0 Å². The molecule has 0 spiro atoms. The van der Waals surface area contributed by atoms with Gasteiger partial charge in [-0.1, -0.05) is 35.4 Å². The predicted molar refractivity (Wildman–Crippen MR) is 117 cm³/mol. The fourth-order valence-corrected chi connectivity index (χ4v) is 3.50. The van der Waals surface area contributed by atoms with Crippen molar-refractivity contribution in [3.63, 3.8) is 0 Å². The number of benzene rings is 2. The molecule has 0 fully saturated rings. The van der Waals surface area contributed by atoms with Crippen LogP contribution in [0.5, 0.6) is 23.0 Å². The molecule has 3 N–H and O–H groups in total. The third kappa shape index (κ3) is 4.35. The standard InChI is InChI=1S/C25H28O5/c1-14(2)5-7-17-11-16(8-10-20(17)26)19-13-30-22-12-21(27)18(9-6-15(3)4)24(28)23(22)25(19)29/h5-6,8,10-12,19,26-28H,7,9,13H2,1-4H3. The van der Waals surface area contributed by atoms with Crippen LogP contribution >= 0.6 is 0 Å². The number of Topliss-reactive ketones (excluding diaryl/α,β-unsaturated/α-hetero) is 1. The molecular weight excluding hydrogens is 380 g/mol. The summed E-state index contributed by atoms with van der Waals surface area (Å²) in [6.07, 6.45) is 4.77. The maximum absolute atomic E-state index is 13.3. The van der Waals surface area contributed by atoms with E-state index in [0.29, 0.717) is 18.4 Å². The molecule has 3 rings (SSSR count). The highest BCUT2D eigenvalue weighted by Crippen LogP contribution is 2.44. The monoisotopic (exact) mass is 408 g/mol. The lowest BCUT2D eigenvalue weighted by Gasteiger charge is -2.26. The zero-order valence-corrected chi connectivity index (χ0v) is 17.8. The highest BCUT2D eigenvalue weighted by molar-refractivity contribution is 6.07.